The lowest BCUT2D eigenvalue weighted by atomic mass is 10.1. The van der Waals surface area contributed by atoms with Crippen molar-refractivity contribution in [3.05, 3.63) is 50.7 Å². The number of carbonyl (C=O) groups is 1. The lowest BCUT2D eigenvalue weighted by molar-refractivity contribution is -0.384. The Hall–Kier alpha value is -2.12. The molecule has 0 saturated carbocycles. The van der Waals surface area contributed by atoms with Crippen LogP contribution < -0.4 is 5.32 Å². The second kappa shape index (κ2) is 7.43. The molecule has 1 atom stereocenters. The molecule has 1 aromatic carbocycles. The number of alkyl halides is 1. The van der Waals surface area contributed by atoms with Crippen LogP contribution in [0.3, 0.4) is 0 Å². The molecule has 7 nitrogen and oxygen atoms in total. The lowest BCUT2D eigenvalue weighted by Crippen LogP contribution is -2.31. The minimum absolute atomic E-state index is 0.0146. The lowest BCUT2D eigenvalue weighted by Gasteiger charge is -2.21. The fourth-order valence-electron chi connectivity index (χ4n) is 1.97. The van der Waals surface area contributed by atoms with E-state index in [1.165, 1.54) is 19.2 Å². The van der Waals surface area contributed by atoms with Crippen molar-refractivity contribution in [2.45, 2.75) is 18.3 Å². The van der Waals surface area contributed by atoms with Crippen LogP contribution in [0.1, 0.15) is 12.0 Å². The first-order chi connectivity index (χ1) is 10.9. The fourth-order valence-corrected chi connectivity index (χ4v) is 2.61. The highest BCUT2D eigenvalue weighted by Gasteiger charge is 2.24. The summed E-state index contributed by atoms with van der Waals surface area (Å²) in [4.78, 5) is 25.7. The Balaban J connectivity index is 2.07. The van der Waals surface area contributed by atoms with Crippen LogP contribution in [0.4, 0.5) is 5.69 Å². The van der Waals surface area contributed by atoms with Crippen molar-refractivity contribution >= 4 is 40.7 Å². The molecule has 0 aromatic heterocycles. The van der Waals surface area contributed by atoms with Gasteiger partial charge in [-0.05, 0) is 5.56 Å². The van der Waals surface area contributed by atoms with Gasteiger partial charge in [0.15, 0.2) is 5.50 Å². The number of aliphatic imine (C=N–C) groups is 1. The molecule has 0 saturated heterocycles. The third-order valence-corrected chi connectivity index (χ3v) is 3.87. The number of carbonyl (C=O) groups excluding carboxylic acids is 1. The zero-order chi connectivity index (χ0) is 17.0. The predicted octanol–water partition coefficient (Wildman–Crippen LogP) is 2.72. The normalized spacial score (nSPS) is 17.3. The van der Waals surface area contributed by atoms with Crippen molar-refractivity contribution in [2.75, 3.05) is 7.11 Å². The van der Waals surface area contributed by atoms with E-state index in [2.05, 4.69) is 15.0 Å². The molecule has 9 heteroatoms. The van der Waals surface area contributed by atoms with Crippen molar-refractivity contribution in [3.63, 3.8) is 0 Å². The average Bonchev–Trinajstić information content (AvgIpc) is 2.51. The number of nitrogens with one attached hydrogen (secondary N) is 1. The van der Waals surface area contributed by atoms with Gasteiger partial charge in [0.1, 0.15) is 11.0 Å². The number of esters is 1. The van der Waals surface area contributed by atoms with Gasteiger partial charge in [-0.25, -0.2) is 4.99 Å². The highest BCUT2D eigenvalue weighted by molar-refractivity contribution is 6.33. The number of methoxy groups -OCH3 is 1. The molecule has 0 aliphatic carbocycles. The third kappa shape index (κ3) is 4.43. The van der Waals surface area contributed by atoms with E-state index in [1.807, 2.05) is 0 Å². The number of halogens is 2. The van der Waals surface area contributed by atoms with Gasteiger partial charge in [0.05, 0.1) is 18.5 Å². The molecule has 0 radical (unpaired) electrons. The van der Waals surface area contributed by atoms with Crippen molar-refractivity contribution in [1.29, 1.82) is 0 Å². The first kappa shape index (κ1) is 17.2. The fraction of sp³-hybridized carbons (Fsp3) is 0.286. The van der Waals surface area contributed by atoms with Crippen LogP contribution in [0.25, 0.3) is 0 Å². The molecule has 0 amide bonds. The molecule has 1 heterocycles. The maximum absolute atomic E-state index is 11.3. The summed E-state index contributed by atoms with van der Waals surface area (Å²) in [5.41, 5.74) is 0.496. The van der Waals surface area contributed by atoms with E-state index in [0.717, 1.165) is 5.56 Å². The maximum Gasteiger partial charge on any atom is 0.309 e. The van der Waals surface area contributed by atoms with Crippen LogP contribution >= 0.6 is 23.2 Å². The summed E-state index contributed by atoms with van der Waals surface area (Å²) in [5, 5.41) is 13.7. The number of nitro groups is 1. The minimum Gasteiger partial charge on any atom is -0.469 e. The number of rotatable bonds is 5. The number of ether oxygens (including phenoxy) is 1. The SMILES string of the molecule is COC(=O)CC1=C(Cl)NC(Cc2ccc([N+](=O)[O-])cc2)=NC1Cl. The van der Waals surface area contributed by atoms with Crippen molar-refractivity contribution in [2.24, 2.45) is 4.99 Å². The molecule has 0 bridgehead atoms. The van der Waals surface area contributed by atoms with Gasteiger partial charge < -0.3 is 10.1 Å². The molecule has 0 spiro atoms. The number of benzene rings is 1. The van der Waals surface area contributed by atoms with Crippen LogP contribution in [-0.2, 0) is 16.0 Å². The standard InChI is InChI=1S/C14H13Cl2N3O4/c1-23-12(20)7-10-13(15)17-11(18-14(10)16)6-8-2-4-9(5-3-8)19(21)22/h2-5,13H,6-7H2,1H3,(H,17,18). The summed E-state index contributed by atoms with van der Waals surface area (Å²) in [5.74, 6) is 0.0529. The van der Waals surface area contributed by atoms with Crippen LogP contribution in [0.5, 0.6) is 0 Å². The summed E-state index contributed by atoms with van der Waals surface area (Å²) in [7, 11) is 1.28. The largest absolute Gasteiger partial charge is 0.469 e. The molecule has 122 valence electrons. The molecule has 23 heavy (non-hydrogen) atoms. The van der Waals surface area contributed by atoms with Gasteiger partial charge >= 0.3 is 5.97 Å². The van der Waals surface area contributed by atoms with Crippen molar-refractivity contribution in [3.8, 4) is 0 Å². The smallest absolute Gasteiger partial charge is 0.309 e. The highest BCUT2D eigenvalue weighted by atomic mass is 35.5. The number of nitro benzene ring substituents is 1. The Morgan fingerprint density at radius 1 is 1.43 bits per heavy atom. The second-order valence-corrected chi connectivity index (χ2v) is 5.52. The zero-order valence-corrected chi connectivity index (χ0v) is 13.6. The molecule has 1 aliphatic rings. The first-order valence-corrected chi connectivity index (χ1v) is 7.38. The van der Waals surface area contributed by atoms with E-state index in [1.54, 1.807) is 12.1 Å². The highest BCUT2D eigenvalue weighted by Crippen LogP contribution is 2.25. The van der Waals surface area contributed by atoms with Crippen molar-refractivity contribution in [1.82, 2.24) is 5.32 Å². The number of non-ortho nitro benzene ring substituents is 1. The molecule has 1 unspecified atom stereocenters. The molecule has 1 aliphatic heterocycles. The van der Waals surface area contributed by atoms with E-state index in [0.29, 0.717) is 17.8 Å². The summed E-state index contributed by atoms with van der Waals surface area (Å²) < 4.78 is 4.58. The topological polar surface area (TPSA) is 93.8 Å². The van der Waals surface area contributed by atoms with Gasteiger partial charge in [-0.15, -0.1) is 0 Å². The number of hydrogen-bond acceptors (Lipinski definition) is 6. The van der Waals surface area contributed by atoms with E-state index in [-0.39, 0.29) is 17.3 Å². The maximum atomic E-state index is 11.3. The van der Waals surface area contributed by atoms with Crippen LogP contribution in [0.15, 0.2) is 40.0 Å². The minimum atomic E-state index is -0.768. The van der Waals surface area contributed by atoms with E-state index in [9.17, 15) is 14.9 Å². The van der Waals surface area contributed by atoms with Crippen LogP contribution in [0, 0.1) is 10.1 Å². The molecular formula is C14H13Cl2N3O4. The average molecular weight is 358 g/mol. The Labute approximate surface area is 142 Å². The van der Waals surface area contributed by atoms with Gasteiger partial charge in [-0.3, -0.25) is 14.9 Å². The van der Waals surface area contributed by atoms with Gasteiger partial charge in [0.2, 0.25) is 0 Å². The zero-order valence-electron chi connectivity index (χ0n) is 12.1. The Bertz CT molecular complexity index is 686. The predicted molar refractivity (Wildman–Crippen MR) is 86.5 cm³/mol. The van der Waals surface area contributed by atoms with Crippen LogP contribution in [-0.4, -0.2) is 29.3 Å². The van der Waals surface area contributed by atoms with Gasteiger partial charge in [0, 0.05) is 24.1 Å². The van der Waals surface area contributed by atoms with E-state index < -0.39 is 16.4 Å². The number of amidine groups is 1. The van der Waals surface area contributed by atoms with E-state index in [4.69, 9.17) is 23.2 Å². The molecular weight excluding hydrogens is 345 g/mol. The Morgan fingerprint density at radius 3 is 2.61 bits per heavy atom. The van der Waals surface area contributed by atoms with Crippen molar-refractivity contribution < 1.29 is 14.5 Å². The van der Waals surface area contributed by atoms with Gasteiger partial charge in [0.25, 0.3) is 5.69 Å². The molecule has 2 rings (SSSR count). The third-order valence-electron chi connectivity index (χ3n) is 3.17. The Kier molecular flexibility index (Phi) is 5.57. The van der Waals surface area contributed by atoms with E-state index >= 15 is 0 Å². The van der Waals surface area contributed by atoms with Crippen LogP contribution in [0.2, 0.25) is 0 Å². The number of nitrogens with zero attached hydrogens (tertiary/aromatic N) is 2. The summed E-state index contributed by atoms with van der Waals surface area (Å²) in [6, 6.07) is 6.09. The number of hydrogen-bond donors (Lipinski definition) is 1. The Morgan fingerprint density at radius 2 is 2.09 bits per heavy atom. The first-order valence-electron chi connectivity index (χ1n) is 6.57. The monoisotopic (exact) mass is 357 g/mol. The quantitative estimate of drug-likeness (QED) is 0.287. The van der Waals surface area contributed by atoms with Gasteiger partial charge in [-0.1, -0.05) is 35.3 Å². The summed E-state index contributed by atoms with van der Waals surface area (Å²) >= 11 is 12.3. The molecule has 1 aromatic rings. The second-order valence-electron chi connectivity index (χ2n) is 4.73. The van der Waals surface area contributed by atoms with Gasteiger partial charge in [-0.2, -0.15) is 0 Å². The summed E-state index contributed by atoms with van der Waals surface area (Å²) in [6.45, 7) is 0. The summed E-state index contributed by atoms with van der Waals surface area (Å²) in [6.07, 6.45) is 0.327. The molecule has 1 N–H and O–H groups in total. The molecule has 0 fully saturated rings.